The van der Waals surface area contributed by atoms with Gasteiger partial charge in [-0.3, -0.25) is 0 Å². The maximum atomic E-state index is 3.79. The highest BCUT2D eigenvalue weighted by molar-refractivity contribution is 4.85. The van der Waals surface area contributed by atoms with Crippen molar-refractivity contribution in [3.63, 3.8) is 0 Å². The molecule has 0 spiro atoms. The molecule has 0 aliphatic heterocycles. The van der Waals surface area contributed by atoms with Gasteiger partial charge < -0.3 is 0 Å². The van der Waals surface area contributed by atoms with Gasteiger partial charge in [0.1, 0.15) is 0 Å². The molecule has 0 aromatic rings. The molecule has 0 aromatic heterocycles. The lowest BCUT2D eigenvalue weighted by atomic mass is 10.2. The van der Waals surface area contributed by atoms with Gasteiger partial charge in [0.25, 0.3) is 0 Å². The first-order valence-electron chi connectivity index (χ1n) is 2.77. The smallest absolute Gasteiger partial charge is 0.0262 e. The van der Waals surface area contributed by atoms with Gasteiger partial charge in [-0.25, -0.2) is 0 Å². The first-order chi connectivity index (χ1) is 3.27. The Labute approximate surface area is 46.2 Å². The summed E-state index contributed by atoms with van der Waals surface area (Å²) >= 11 is 0. The van der Waals surface area contributed by atoms with Crippen LogP contribution in [-0.4, -0.2) is 0 Å². The van der Waals surface area contributed by atoms with E-state index in [9.17, 15) is 0 Å². The van der Waals surface area contributed by atoms with E-state index in [-0.39, 0.29) is 0 Å². The Bertz CT molecular complexity index is 51.1. The average Bonchev–Trinajstić information content (AvgIpc) is 1.61. The summed E-state index contributed by atoms with van der Waals surface area (Å²) in [4.78, 5) is 0. The monoisotopic (exact) mass is 97.1 g/mol. The quantitative estimate of drug-likeness (QED) is 0.464. The fourth-order valence-electron chi connectivity index (χ4n) is 0.368. The summed E-state index contributed by atoms with van der Waals surface area (Å²) in [6.45, 7) is 7.99. The van der Waals surface area contributed by atoms with Crippen molar-refractivity contribution in [2.24, 2.45) is 5.92 Å². The highest BCUT2D eigenvalue weighted by atomic mass is 13.8. The van der Waals surface area contributed by atoms with Crippen molar-refractivity contribution in [1.29, 1.82) is 0 Å². The second-order valence-corrected chi connectivity index (χ2v) is 1.81. The van der Waals surface area contributed by atoms with Crippen LogP contribution in [-0.2, 0) is 0 Å². The maximum Gasteiger partial charge on any atom is -0.0262 e. The van der Waals surface area contributed by atoms with E-state index in [0.717, 1.165) is 6.42 Å². The van der Waals surface area contributed by atoms with Crippen molar-refractivity contribution in [2.75, 3.05) is 0 Å². The first kappa shape index (κ1) is 6.74. The molecular weight excluding hydrogens is 84.1 g/mol. The Hall–Kier alpha value is -0.260. The van der Waals surface area contributed by atoms with Crippen LogP contribution in [0.5, 0.6) is 0 Å². The zero-order valence-corrected chi connectivity index (χ0v) is 5.15. The van der Waals surface area contributed by atoms with Crippen LogP contribution >= 0.6 is 0 Å². The van der Waals surface area contributed by atoms with Gasteiger partial charge in [0, 0.05) is 0 Å². The van der Waals surface area contributed by atoms with E-state index >= 15 is 0 Å². The van der Waals surface area contributed by atoms with Crippen LogP contribution in [0.2, 0.25) is 0 Å². The molecule has 0 bridgehead atoms. The van der Waals surface area contributed by atoms with Crippen LogP contribution in [0.1, 0.15) is 20.3 Å². The minimum absolute atomic E-state index is 0.472. The molecular formula is C7H13. The molecule has 0 aliphatic rings. The highest BCUT2D eigenvalue weighted by Gasteiger charge is 1.78. The molecule has 0 heterocycles. The normalized spacial score (nSPS) is 11.4. The summed E-state index contributed by atoms with van der Waals surface area (Å²) in [6, 6.07) is 0. The van der Waals surface area contributed by atoms with Gasteiger partial charge in [-0.1, -0.05) is 26.0 Å². The van der Waals surface area contributed by atoms with Crippen molar-refractivity contribution < 1.29 is 0 Å². The van der Waals surface area contributed by atoms with E-state index in [0.29, 0.717) is 5.92 Å². The second-order valence-electron chi connectivity index (χ2n) is 1.81. The molecule has 0 aliphatic carbocycles. The summed E-state index contributed by atoms with van der Waals surface area (Å²) in [5.74, 6) is 0.472. The number of hydrogen-bond acceptors (Lipinski definition) is 0. The van der Waals surface area contributed by atoms with Gasteiger partial charge in [0.15, 0.2) is 0 Å². The molecule has 0 rings (SSSR count). The third kappa shape index (κ3) is 5.74. The zero-order valence-electron chi connectivity index (χ0n) is 5.15. The van der Waals surface area contributed by atoms with Crippen LogP contribution in [0.25, 0.3) is 0 Å². The molecule has 0 saturated carbocycles. The number of rotatable bonds is 2. The van der Waals surface area contributed by atoms with Crippen LogP contribution in [0, 0.1) is 12.8 Å². The van der Waals surface area contributed by atoms with Crippen molar-refractivity contribution >= 4 is 0 Å². The van der Waals surface area contributed by atoms with Crippen molar-refractivity contribution in [1.82, 2.24) is 0 Å². The zero-order chi connectivity index (χ0) is 5.70. The van der Waals surface area contributed by atoms with E-state index in [1.807, 2.05) is 0 Å². The second kappa shape index (κ2) is 3.91. The Morgan fingerprint density at radius 3 is 2.43 bits per heavy atom. The highest BCUT2D eigenvalue weighted by Crippen LogP contribution is 1.92. The van der Waals surface area contributed by atoms with Gasteiger partial charge >= 0.3 is 0 Å². The van der Waals surface area contributed by atoms with Crippen LogP contribution in [0.3, 0.4) is 0 Å². The molecule has 1 unspecified atom stereocenters. The molecule has 0 aromatic carbocycles. The SMILES string of the molecule is [CH2]C(C)/C=C/CC. The Morgan fingerprint density at radius 1 is 1.71 bits per heavy atom. The molecule has 0 N–H and O–H groups in total. The van der Waals surface area contributed by atoms with Crippen molar-refractivity contribution in [3.05, 3.63) is 19.1 Å². The summed E-state index contributed by atoms with van der Waals surface area (Å²) in [5.41, 5.74) is 0. The predicted octanol–water partition coefficient (Wildman–Crippen LogP) is 2.42. The molecule has 0 heteroatoms. The minimum Gasteiger partial charge on any atom is -0.0885 e. The van der Waals surface area contributed by atoms with Crippen molar-refractivity contribution in [3.8, 4) is 0 Å². The fraction of sp³-hybridized carbons (Fsp3) is 0.571. The molecule has 0 saturated heterocycles. The molecule has 7 heavy (non-hydrogen) atoms. The standard InChI is InChI=1S/C7H13/c1-4-5-6-7(2)3/h5-7H,2,4H2,1,3H3/b6-5+. The first-order valence-corrected chi connectivity index (χ1v) is 2.77. The third-order valence-corrected chi connectivity index (χ3v) is 0.700. The Morgan fingerprint density at radius 2 is 2.29 bits per heavy atom. The Kier molecular flexibility index (Phi) is 3.77. The lowest BCUT2D eigenvalue weighted by molar-refractivity contribution is 0.926. The summed E-state index contributed by atoms with van der Waals surface area (Å²) in [5, 5.41) is 0. The van der Waals surface area contributed by atoms with E-state index in [4.69, 9.17) is 0 Å². The van der Waals surface area contributed by atoms with Gasteiger partial charge in [-0.2, -0.15) is 0 Å². The van der Waals surface area contributed by atoms with E-state index < -0.39 is 0 Å². The van der Waals surface area contributed by atoms with Crippen LogP contribution < -0.4 is 0 Å². The summed E-state index contributed by atoms with van der Waals surface area (Å²) < 4.78 is 0. The predicted molar refractivity (Wildman–Crippen MR) is 34.0 cm³/mol. The molecule has 41 valence electrons. The molecule has 1 atom stereocenters. The summed E-state index contributed by atoms with van der Waals surface area (Å²) in [7, 11) is 0. The Balaban J connectivity index is 3.08. The summed E-state index contributed by atoms with van der Waals surface area (Å²) in [6.07, 6.45) is 5.37. The van der Waals surface area contributed by atoms with E-state index in [1.165, 1.54) is 0 Å². The van der Waals surface area contributed by atoms with Crippen LogP contribution in [0.4, 0.5) is 0 Å². The topological polar surface area (TPSA) is 0 Å². The molecule has 0 nitrogen and oxygen atoms in total. The average molecular weight is 97.2 g/mol. The van der Waals surface area contributed by atoms with Gasteiger partial charge in [-0.05, 0) is 19.3 Å². The van der Waals surface area contributed by atoms with Crippen molar-refractivity contribution in [2.45, 2.75) is 20.3 Å². The maximum absolute atomic E-state index is 3.79. The van der Waals surface area contributed by atoms with Crippen LogP contribution in [0.15, 0.2) is 12.2 Å². The minimum atomic E-state index is 0.472. The van der Waals surface area contributed by atoms with E-state index in [2.05, 4.69) is 32.9 Å². The molecule has 0 fully saturated rings. The van der Waals surface area contributed by atoms with Gasteiger partial charge in [0.05, 0.1) is 0 Å². The number of hydrogen-bond donors (Lipinski definition) is 0. The van der Waals surface area contributed by atoms with Gasteiger partial charge in [-0.15, -0.1) is 0 Å². The molecule has 1 radical (unpaired) electrons. The lowest BCUT2D eigenvalue weighted by Gasteiger charge is -1.88. The molecule has 0 amide bonds. The van der Waals surface area contributed by atoms with E-state index in [1.54, 1.807) is 0 Å². The fourth-order valence-corrected chi connectivity index (χ4v) is 0.368. The van der Waals surface area contributed by atoms with Gasteiger partial charge in [0.2, 0.25) is 0 Å². The lowest BCUT2D eigenvalue weighted by Crippen LogP contribution is -1.75. The third-order valence-electron chi connectivity index (χ3n) is 0.700. The largest absolute Gasteiger partial charge is 0.0885 e. The number of allylic oxidation sites excluding steroid dienone is 2.